The van der Waals surface area contributed by atoms with Crippen LogP contribution in [0.5, 0.6) is 0 Å². The van der Waals surface area contributed by atoms with E-state index in [2.05, 4.69) is 0 Å². The third-order valence-electron chi connectivity index (χ3n) is 2.79. The Morgan fingerprint density at radius 3 is 2.83 bits per heavy atom. The molecule has 0 spiro atoms. The van der Waals surface area contributed by atoms with E-state index in [9.17, 15) is 9.90 Å². The molecular formula is C13H12Cl2O3. The van der Waals surface area contributed by atoms with E-state index in [-0.39, 0.29) is 6.61 Å². The third-order valence-corrected chi connectivity index (χ3v) is 3.35. The number of hydrogen-bond donors (Lipinski definition) is 1. The number of ether oxygens (including phenoxy) is 1. The van der Waals surface area contributed by atoms with Gasteiger partial charge in [0.05, 0.1) is 12.7 Å². The zero-order valence-electron chi connectivity index (χ0n) is 9.48. The van der Waals surface area contributed by atoms with Crippen LogP contribution in [0.4, 0.5) is 0 Å². The molecule has 2 atom stereocenters. The third kappa shape index (κ3) is 3.05. The summed E-state index contributed by atoms with van der Waals surface area (Å²) in [7, 11) is 0. The van der Waals surface area contributed by atoms with Crippen molar-refractivity contribution in [2.24, 2.45) is 5.92 Å². The fourth-order valence-corrected chi connectivity index (χ4v) is 2.24. The molecule has 1 N–H and O–H groups in total. The van der Waals surface area contributed by atoms with Crippen molar-refractivity contribution >= 4 is 35.2 Å². The molecule has 3 nitrogen and oxygen atoms in total. The van der Waals surface area contributed by atoms with E-state index >= 15 is 0 Å². The molecule has 18 heavy (non-hydrogen) atoms. The molecule has 0 saturated carbocycles. The predicted molar refractivity (Wildman–Crippen MR) is 70.6 cm³/mol. The van der Waals surface area contributed by atoms with E-state index in [0.717, 1.165) is 5.56 Å². The van der Waals surface area contributed by atoms with Crippen LogP contribution in [0.15, 0.2) is 24.3 Å². The van der Waals surface area contributed by atoms with E-state index in [0.29, 0.717) is 16.5 Å². The lowest BCUT2D eigenvalue weighted by molar-refractivity contribution is -0.157. The van der Waals surface area contributed by atoms with E-state index < -0.39 is 18.0 Å². The molecular weight excluding hydrogens is 275 g/mol. The van der Waals surface area contributed by atoms with E-state index in [1.165, 1.54) is 0 Å². The minimum absolute atomic E-state index is 0.270. The van der Waals surface area contributed by atoms with Crippen molar-refractivity contribution in [3.05, 3.63) is 39.9 Å². The summed E-state index contributed by atoms with van der Waals surface area (Å²) in [6.07, 6.45) is 3.06. The van der Waals surface area contributed by atoms with Gasteiger partial charge in [0.25, 0.3) is 0 Å². The summed E-state index contributed by atoms with van der Waals surface area (Å²) in [6, 6.07) is 5.09. The van der Waals surface area contributed by atoms with Crippen LogP contribution in [-0.2, 0) is 9.53 Å². The number of aliphatic hydroxyl groups excluding tert-OH is 1. The molecule has 1 saturated heterocycles. The van der Waals surface area contributed by atoms with Gasteiger partial charge in [-0.25, -0.2) is 0 Å². The molecule has 0 aliphatic carbocycles. The molecule has 1 heterocycles. The molecule has 1 aromatic rings. The quantitative estimate of drug-likeness (QED) is 0.851. The van der Waals surface area contributed by atoms with E-state index in [1.807, 2.05) is 0 Å². The van der Waals surface area contributed by atoms with Gasteiger partial charge in [-0.1, -0.05) is 41.4 Å². The maximum atomic E-state index is 11.5. The number of cyclic esters (lactones) is 1. The number of rotatable bonds is 2. The lowest BCUT2D eigenvalue weighted by Gasteiger charge is -2.23. The lowest BCUT2D eigenvalue weighted by atomic mass is 9.96. The summed E-state index contributed by atoms with van der Waals surface area (Å²) in [5.41, 5.74) is 0.742. The standard InChI is InChI=1S/C13H12Cl2O3/c14-9-3-1-8(11(15)7-9)2-4-10-12(16)5-6-18-13(10)17/h1-4,7,10,12,16H,5-6H2. The van der Waals surface area contributed by atoms with Gasteiger partial charge >= 0.3 is 5.97 Å². The van der Waals surface area contributed by atoms with Crippen molar-refractivity contribution in [3.63, 3.8) is 0 Å². The fourth-order valence-electron chi connectivity index (χ4n) is 1.76. The molecule has 0 aromatic heterocycles. The van der Waals surface area contributed by atoms with Gasteiger partial charge in [0, 0.05) is 16.5 Å². The summed E-state index contributed by atoms with van der Waals surface area (Å²) < 4.78 is 4.89. The smallest absolute Gasteiger partial charge is 0.315 e. The summed E-state index contributed by atoms with van der Waals surface area (Å²) in [5, 5.41) is 10.8. The van der Waals surface area contributed by atoms with Crippen molar-refractivity contribution in [1.82, 2.24) is 0 Å². The van der Waals surface area contributed by atoms with E-state index in [4.69, 9.17) is 27.9 Å². The molecule has 1 aromatic carbocycles. The molecule has 5 heteroatoms. The Balaban J connectivity index is 2.16. The highest BCUT2D eigenvalue weighted by Gasteiger charge is 2.29. The first-order valence-corrected chi connectivity index (χ1v) is 6.31. The number of esters is 1. The predicted octanol–water partition coefficient (Wildman–Crippen LogP) is 2.93. The minimum atomic E-state index is -0.700. The van der Waals surface area contributed by atoms with Gasteiger partial charge in [-0.2, -0.15) is 0 Å². The Kier molecular flexibility index (Phi) is 4.27. The molecule has 1 aliphatic heterocycles. The number of halogens is 2. The molecule has 1 fully saturated rings. The summed E-state index contributed by atoms with van der Waals surface area (Å²) in [6.45, 7) is 0.270. The maximum Gasteiger partial charge on any atom is 0.315 e. The van der Waals surface area contributed by atoms with Gasteiger partial charge in [-0.3, -0.25) is 4.79 Å². The molecule has 96 valence electrons. The second kappa shape index (κ2) is 5.74. The topological polar surface area (TPSA) is 46.5 Å². The monoisotopic (exact) mass is 286 g/mol. The van der Waals surface area contributed by atoms with Gasteiger partial charge in [-0.15, -0.1) is 0 Å². The highest BCUT2D eigenvalue weighted by atomic mass is 35.5. The molecule has 0 bridgehead atoms. The van der Waals surface area contributed by atoms with Crippen LogP contribution in [0.25, 0.3) is 6.08 Å². The van der Waals surface area contributed by atoms with Gasteiger partial charge in [0.15, 0.2) is 0 Å². The summed E-state index contributed by atoms with van der Waals surface area (Å²) in [5.74, 6) is -1.04. The lowest BCUT2D eigenvalue weighted by Crippen LogP contribution is -2.34. The summed E-state index contributed by atoms with van der Waals surface area (Å²) in [4.78, 5) is 11.5. The number of benzene rings is 1. The van der Waals surface area contributed by atoms with Crippen LogP contribution < -0.4 is 0 Å². The number of hydrogen-bond acceptors (Lipinski definition) is 3. The Morgan fingerprint density at radius 2 is 2.17 bits per heavy atom. The largest absolute Gasteiger partial charge is 0.465 e. The average Bonchev–Trinajstić information content (AvgIpc) is 2.31. The second-order valence-electron chi connectivity index (χ2n) is 4.07. The first-order chi connectivity index (χ1) is 8.58. The molecule has 1 aliphatic rings. The van der Waals surface area contributed by atoms with Crippen LogP contribution in [0.3, 0.4) is 0 Å². The van der Waals surface area contributed by atoms with Crippen molar-refractivity contribution in [2.75, 3.05) is 6.61 Å². The minimum Gasteiger partial charge on any atom is -0.465 e. The normalized spacial score (nSPS) is 24.3. The Hall–Kier alpha value is -1.03. The molecule has 2 rings (SSSR count). The fraction of sp³-hybridized carbons (Fsp3) is 0.308. The van der Waals surface area contributed by atoms with Gasteiger partial charge in [0.2, 0.25) is 0 Å². The average molecular weight is 287 g/mol. The zero-order chi connectivity index (χ0) is 13.1. The first kappa shape index (κ1) is 13.4. The zero-order valence-corrected chi connectivity index (χ0v) is 11.0. The molecule has 0 amide bonds. The van der Waals surface area contributed by atoms with Crippen molar-refractivity contribution < 1.29 is 14.6 Å². The van der Waals surface area contributed by atoms with Crippen molar-refractivity contribution in [2.45, 2.75) is 12.5 Å². The van der Waals surface area contributed by atoms with Gasteiger partial charge in [0.1, 0.15) is 5.92 Å². The van der Waals surface area contributed by atoms with Crippen LogP contribution in [0.2, 0.25) is 10.0 Å². The Bertz CT molecular complexity index is 485. The highest BCUT2D eigenvalue weighted by Crippen LogP contribution is 2.24. The first-order valence-electron chi connectivity index (χ1n) is 5.56. The summed E-state index contributed by atoms with van der Waals surface area (Å²) >= 11 is 11.8. The van der Waals surface area contributed by atoms with E-state index in [1.54, 1.807) is 30.4 Å². The van der Waals surface area contributed by atoms with Crippen molar-refractivity contribution in [1.29, 1.82) is 0 Å². The van der Waals surface area contributed by atoms with Crippen LogP contribution in [0.1, 0.15) is 12.0 Å². The number of aliphatic hydroxyl groups is 1. The second-order valence-corrected chi connectivity index (χ2v) is 4.92. The van der Waals surface area contributed by atoms with Gasteiger partial charge in [-0.05, 0) is 17.7 Å². The highest BCUT2D eigenvalue weighted by molar-refractivity contribution is 6.35. The Labute approximate surface area is 115 Å². The maximum absolute atomic E-state index is 11.5. The van der Waals surface area contributed by atoms with Gasteiger partial charge < -0.3 is 9.84 Å². The SMILES string of the molecule is O=C1OCCC(O)C1C=Cc1ccc(Cl)cc1Cl. The molecule has 2 unspecified atom stereocenters. The van der Waals surface area contributed by atoms with Crippen LogP contribution >= 0.6 is 23.2 Å². The molecule has 0 radical (unpaired) electrons. The van der Waals surface area contributed by atoms with Crippen molar-refractivity contribution in [3.8, 4) is 0 Å². The van der Waals surface area contributed by atoms with Crippen LogP contribution in [0, 0.1) is 5.92 Å². The number of carbonyl (C=O) groups is 1. The van der Waals surface area contributed by atoms with Crippen LogP contribution in [-0.4, -0.2) is 23.8 Å². The Morgan fingerprint density at radius 1 is 1.39 bits per heavy atom. The number of carbonyl (C=O) groups excluding carboxylic acids is 1.